The molecule has 0 saturated carbocycles. The summed E-state index contributed by atoms with van der Waals surface area (Å²) < 4.78 is 10.2. The average Bonchev–Trinajstić information content (AvgIpc) is 2.16. The number of rotatable bonds is 4. The summed E-state index contributed by atoms with van der Waals surface area (Å²) in [6.45, 7) is 2.18. The minimum Gasteiger partial charge on any atom is -0.467 e. The summed E-state index contributed by atoms with van der Waals surface area (Å²) in [5.41, 5.74) is 7.34. The number of aryl methyl sites for hydroxylation is 1. The van der Waals surface area contributed by atoms with E-state index in [1.54, 1.807) is 7.11 Å². The molecule has 2 N–H and O–H groups in total. The molecule has 1 aromatic carbocycles. The second-order valence-corrected chi connectivity index (χ2v) is 3.34. The molecule has 3 nitrogen and oxygen atoms in total. The molecule has 0 fully saturated rings. The number of hydrogen-bond acceptors (Lipinski definition) is 3. The summed E-state index contributed by atoms with van der Waals surface area (Å²) in [7, 11) is 1.58. The smallest absolute Gasteiger partial charge is 0.188 e. The highest BCUT2D eigenvalue weighted by Gasteiger charge is 2.02. The van der Waals surface area contributed by atoms with Gasteiger partial charge in [-0.25, -0.2) is 0 Å². The third kappa shape index (κ3) is 2.68. The lowest BCUT2D eigenvalue weighted by Crippen LogP contribution is -2.10. The van der Waals surface area contributed by atoms with E-state index in [-0.39, 0.29) is 6.79 Å². The summed E-state index contributed by atoms with van der Waals surface area (Å²) in [5, 5.41) is 0. The molecule has 0 aromatic heterocycles. The Balaban J connectivity index is 2.90. The molecule has 0 spiro atoms. The summed E-state index contributed by atoms with van der Waals surface area (Å²) >= 11 is 4.87. The maximum absolute atomic E-state index is 5.51. The van der Waals surface area contributed by atoms with Crippen molar-refractivity contribution in [2.24, 2.45) is 5.73 Å². The van der Waals surface area contributed by atoms with Crippen molar-refractivity contribution in [3.63, 3.8) is 0 Å². The Morgan fingerprint density at radius 2 is 2.21 bits per heavy atom. The van der Waals surface area contributed by atoms with Gasteiger partial charge in [-0.2, -0.15) is 0 Å². The first-order valence-corrected chi connectivity index (χ1v) is 4.58. The van der Waals surface area contributed by atoms with Crippen LogP contribution in [0.15, 0.2) is 18.2 Å². The van der Waals surface area contributed by atoms with Gasteiger partial charge in [0.1, 0.15) is 10.7 Å². The molecule has 0 amide bonds. The van der Waals surface area contributed by atoms with Crippen molar-refractivity contribution < 1.29 is 9.47 Å². The maximum atomic E-state index is 5.51. The van der Waals surface area contributed by atoms with Crippen molar-refractivity contribution in [2.45, 2.75) is 6.92 Å². The zero-order valence-electron chi connectivity index (χ0n) is 8.24. The largest absolute Gasteiger partial charge is 0.467 e. The molecule has 0 saturated heterocycles. The highest BCUT2D eigenvalue weighted by molar-refractivity contribution is 7.80. The second-order valence-electron chi connectivity index (χ2n) is 2.90. The lowest BCUT2D eigenvalue weighted by molar-refractivity contribution is 0.0506. The molecule has 0 heterocycles. The molecule has 1 rings (SSSR count). The summed E-state index contributed by atoms with van der Waals surface area (Å²) in [6.07, 6.45) is 0. The molecule has 14 heavy (non-hydrogen) atoms. The van der Waals surface area contributed by atoms with Crippen LogP contribution in [0.25, 0.3) is 0 Å². The van der Waals surface area contributed by atoms with Gasteiger partial charge in [-0.3, -0.25) is 0 Å². The molecule has 0 radical (unpaired) electrons. The molecule has 76 valence electrons. The highest BCUT2D eigenvalue weighted by atomic mass is 32.1. The van der Waals surface area contributed by atoms with Gasteiger partial charge in [0.2, 0.25) is 0 Å². The quantitative estimate of drug-likeness (QED) is 0.607. The number of ether oxygens (including phenoxy) is 2. The van der Waals surface area contributed by atoms with Crippen LogP contribution in [0.1, 0.15) is 11.1 Å². The fourth-order valence-corrected chi connectivity index (χ4v) is 1.16. The van der Waals surface area contributed by atoms with Crippen LogP contribution in [0, 0.1) is 6.92 Å². The van der Waals surface area contributed by atoms with Gasteiger partial charge in [0.05, 0.1) is 0 Å². The third-order valence-corrected chi connectivity index (χ3v) is 2.04. The van der Waals surface area contributed by atoms with Crippen LogP contribution in [0.5, 0.6) is 5.75 Å². The summed E-state index contributed by atoms with van der Waals surface area (Å²) in [4.78, 5) is 0.368. The number of thiocarbonyl (C=S) groups is 1. The van der Waals surface area contributed by atoms with E-state index >= 15 is 0 Å². The minimum absolute atomic E-state index is 0.224. The fourth-order valence-electron chi connectivity index (χ4n) is 1.03. The molecule has 1 aromatic rings. The molecule has 0 unspecified atom stereocenters. The van der Waals surface area contributed by atoms with Crippen LogP contribution in [-0.2, 0) is 4.74 Å². The van der Waals surface area contributed by atoms with Crippen LogP contribution in [0.3, 0.4) is 0 Å². The van der Waals surface area contributed by atoms with E-state index in [1.165, 1.54) is 0 Å². The van der Waals surface area contributed by atoms with Gasteiger partial charge in [0.25, 0.3) is 0 Å². The van der Waals surface area contributed by atoms with E-state index in [9.17, 15) is 0 Å². The van der Waals surface area contributed by atoms with Gasteiger partial charge in [-0.15, -0.1) is 0 Å². The van der Waals surface area contributed by atoms with E-state index in [4.69, 9.17) is 27.4 Å². The van der Waals surface area contributed by atoms with E-state index in [0.717, 1.165) is 16.9 Å². The predicted molar refractivity (Wildman–Crippen MR) is 59.6 cm³/mol. The molecular formula is C10H13NO2S. The van der Waals surface area contributed by atoms with Gasteiger partial charge in [0.15, 0.2) is 6.79 Å². The fraction of sp³-hybridized carbons (Fsp3) is 0.300. The first-order valence-electron chi connectivity index (χ1n) is 4.17. The Hall–Kier alpha value is -1.13. The number of nitrogens with two attached hydrogens (primary N) is 1. The van der Waals surface area contributed by atoms with E-state index in [0.29, 0.717) is 4.99 Å². The Bertz CT molecular complexity index is 339. The molecule has 0 atom stereocenters. The lowest BCUT2D eigenvalue weighted by Gasteiger charge is -2.09. The average molecular weight is 211 g/mol. The van der Waals surface area contributed by atoms with Crippen LogP contribution in [-0.4, -0.2) is 18.9 Å². The van der Waals surface area contributed by atoms with Crippen LogP contribution >= 0.6 is 12.2 Å². The Kier molecular flexibility index (Phi) is 3.85. The highest BCUT2D eigenvalue weighted by Crippen LogP contribution is 2.19. The minimum atomic E-state index is 0.224. The second kappa shape index (κ2) is 4.93. The number of hydrogen-bond donors (Lipinski definition) is 1. The van der Waals surface area contributed by atoms with Crippen molar-refractivity contribution >= 4 is 17.2 Å². The van der Waals surface area contributed by atoms with Crippen molar-refractivity contribution in [2.75, 3.05) is 13.9 Å². The summed E-state index contributed by atoms with van der Waals surface area (Å²) in [5.74, 6) is 0.747. The first kappa shape index (κ1) is 10.9. The predicted octanol–water partition coefficient (Wildman–Crippen LogP) is 1.61. The summed E-state index contributed by atoms with van der Waals surface area (Å²) in [6, 6.07) is 5.60. The first-order chi connectivity index (χ1) is 6.65. The van der Waals surface area contributed by atoms with Crippen LogP contribution in [0.4, 0.5) is 0 Å². The molecule has 0 aliphatic carbocycles. The van der Waals surface area contributed by atoms with Gasteiger partial charge < -0.3 is 15.2 Å². The number of benzene rings is 1. The van der Waals surface area contributed by atoms with Gasteiger partial charge >= 0.3 is 0 Å². The van der Waals surface area contributed by atoms with E-state index in [1.807, 2.05) is 25.1 Å². The Morgan fingerprint density at radius 1 is 1.50 bits per heavy atom. The number of methoxy groups -OCH3 is 1. The van der Waals surface area contributed by atoms with Crippen LogP contribution < -0.4 is 10.5 Å². The lowest BCUT2D eigenvalue weighted by atomic mass is 10.1. The van der Waals surface area contributed by atoms with Gasteiger partial charge in [-0.05, 0) is 18.6 Å². The maximum Gasteiger partial charge on any atom is 0.188 e. The standard InChI is InChI=1S/C10H13NO2S/c1-7-3-4-8(10(11)14)5-9(7)13-6-12-2/h3-5H,6H2,1-2H3,(H2,11,14). The Labute approximate surface area is 88.8 Å². The third-order valence-electron chi connectivity index (χ3n) is 1.80. The molecular weight excluding hydrogens is 198 g/mol. The van der Waals surface area contributed by atoms with Crippen molar-refractivity contribution in [3.05, 3.63) is 29.3 Å². The monoisotopic (exact) mass is 211 g/mol. The SMILES string of the molecule is COCOc1cc(C(N)=S)ccc1C. The van der Waals surface area contributed by atoms with Gasteiger partial charge in [0, 0.05) is 12.7 Å². The van der Waals surface area contributed by atoms with Gasteiger partial charge in [-0.1, -0.05) is 24.4 Å². The normalized spacial score (nSPS) is 9.86. The topological polar surface area (TPSA) is 44.5 Å². The zero-order chi connectivity index (χ0) is 10.6. The van der Waals surface area contributed by atoms with Crippen molar-refractivity contribution in [3.8, 4) is 5.75 Å². The van der Waals surface area contributed by atoms with Crippen molar-refractivity contribution in [1.29, 1.82) is 0 Å². The molecule has 4 heteroatoms. The van der Waals surface area contributed by atoms with Crippen molar-refractivity contribution in [1.82, 2.24) is 0 Å². The van der Waals surface area contributed by atoms with E-state index in [2.05, 4.69) is 0 Å². The molecule has 0 aliphatic heterocycles. The zero-order valence-corrected chi connectivity index (χ0v) is 9.06. The van der Waals surface area contributed by atoms with Crippen LogP contribution in [0.2, 0.25) is 0 Å². The Morgan fingerprint density at radius 3 is 2.79 bits per heavy atom. The molecule has 0 aliphatic rings. The van der Waals surface area contributed by atoms with E-state index < -0.39 is 0 Å². The molecule has 0 bridgehead atoms.